The summed E-state index contributed by atoms with van der Waals surface area (Å²) >= 11 is 6.81. The van der Waals surface area contributed by atoms with Crippen LogP contribution in [-0.4, -0.2) is 34.4 Å². The molecule has 1 aliphatic heterocycles. The molecular weight excluding hydrogens is 410 g/mol. The van der Waals surface area contributed by atoms with Crippen molar-refractivity contribution in [3.63, 3.8) is 0 Å². The number of anilines is 1. The second-order valence-corrected chi connectivity index (χ2v) is 8.01. The van der Waals surface area contributed by atoms with Crippen molar-refractivity contribution < 1.29 is 14.3 Å². The lowest BCUT2D eigenvalue weighted by Crippen LogP contribution is -2.17. The molecule has 4 rings (SSSR count). The van der Waals surface area contributed by atoms with Crippen LogP contribution in [-0.2, 0) is 4.79 Å². The Hall–Kier alpha value is -2.77. The summed E-state index contributed by atoms with van der Waals surface area (Å²) in [6, 6.07) is 14.9. The molecule has 6 nitrogen and oxygen atoms in total. The number of thioether (sulfide) groups is 1. The van der Waals surface area contributed by atoms with Crippen LogP contribution in [0, 0.1) is 0 Å². The minimum Gasteiger partial charge on any atom is -0.477 e. The Morgan fingerprint density at radius 1 is 1.07 bits per heavy atom. The van der Waals surface area contributed by atoms with Crippen LogP contribution in [0.2, 0.25) is 5.02 Å². The van der Waals surface area contributed by atoms with Gasteiger partial charge in [-0.15, -0.1) is 10.2 Å². The smallest absolute Gasteiger partial charge is 0.342 e. The predicted octanol–water partition coefficient (Wildman–Crippen LogP) is 5.21. The summed E-state index contributed by atoms with van der Waals surface area (Å²) in [5.74, 6) is -0.742. The van der Waals surface area contributed by atoms with Crippen LogP contribution in [0.3, 0.4) is 0 Å². The lowest BCUT2D eigenvalue weighted by Gasteiger charge is -2.17. The molecule has 0 aliphatic carbocycles. The number of carbonyl (C=O) groups is 1. The molecule has 2 aromatic carbocycles. The Morgan fingerprint density at radius 3 is 2.41 bits per heavy atom. The van der Waals surface area contributed by atoms with Crippen molar-refractivity contribution in [1.82, 2.24) is 10.2 Å². The van der Waals surface area contributed by atoms with Gasteiger partial charge in [-0.2, -0.15) is 0 Å². The van der Waals surface area contributed by atoms with Gasteiger partial charge in [0.05, 0.1) is 0 Å². The van der Waals surface area contributed by atoms with Gasteiger partial charge in [-0.1, -0.05) is 23.7 Å². The number of nitrogens with zero attached hydrogens (tertiary/aromatic N) is 3. The minimum atomic E-state index is -1.05. The molecular formula is C21H18ClN3O3S. The molecule has 0 amide bonds. The molecule has 0 radical (unpaired) electrons. The van der Waals surface area contributed by atoms with Gasteiger partial charge in [0, 0.05) is 29.4 Å². The summed E-state index contributed by atoms with van der Waals surface area (Å²) in [6.45, 7) is 2.14. The summed E-state index contributed by atoms with van der Waals surface area (Å²) in [7, 11) is 0. The normalized spacial score (nSPS) is 14.4. The molecule has 8 heteroatoms. The van der Waals surface area contributed by atoms with E-state index >= 15 is 0 Å². The number of carboxylic acids is 1. The number of carboxylic acid groups (broad SMARTS) is 1. The highest BCUT2D eigenvalue weighted by molar-refractivity contribution is 8.03. The van der Waals surface area contributed by atoms with Crippen molar-refractivity contribution >= 4 is 41.1 Å². The Bertz CT molecular complexity index is 1030. The van der Waals surface area contributed by atoms with Crippen molar-refractivity contribution in [2.75, 3.05) is 18.0 Å². The average molecular weight is 428 g/mol. The SMILES string of the molecule is O=C(O)/C(=C\c1ccc(N2CCCC2)cc1)Sc1nnc(-c2ccc(Cl)cc2)o1. The van der Waals surface area contributed by atoms with Gasteiger partial charge >= 0.3 is 5.97 Å². The van der Waals surface area contributed by atoms with E-state index in [1.807, 2.05) is 24.3 Å². The molecule has 148 valence electrons. The zero-order chi connectivity index (χ0) is 20.2. The quantitative estimate of drug-likeness (QED) is 0.427. The van der Waals surface area contributed by atoms with Crippen LogP contribution in [0.1, 0.15) is 18.4 Å². The predicted molar refractivity (Wildman–Crippen MR) is 114 cm³/mol. The molecule has 29 heavy (non-hydrogen) atoms. The third-order valence-electron chi connectivity index (χ3n) is 4.57. The molecule has 1 fully saturated rings. The second-order valence-electron chi connectivity index (χ2n) is 6.58. The van der Waals surface area contributed by atoms with E-state index in [0.717, 1.165) is 36.1 Å². The van der Waals surface area contributed by atoms with E-state index in [1.54, 1.807) is 30.3 Å². The maximum absolute atomic E-state index is 11.7. The number of hydrogen-bond donors (Lipinski definition) is 1. The van der Waals surface area contributed by atoms with Gasteiger partial charge < -0.3 is 14.4 Å². The Balaban J connectivity index is 1.50. The van der Waals surface area contributed by atoms with Crippen LogP contribution in [0.15, 0.2) is 63.1 Å². The molecule has 0 bridgehead atoms. The van der Waals surface area contributed by atoms with Crippen LogP contribution in [0.25, 0.3) is 17.5 Å². The van der Waals surface area contributed by atoms with E-state index in [4.69, 9.17) is 16.0 Å². The number of aliphatic carboxylic acids is 1. The molecule has 0 saturated carbocycles. The first-order valence-electron chi connectivity index (χ1n) is 9.16. The zero-order valence-electron chi connectivity index (χ0n) is 15.4. The summed E-state index contributed by atoms with van der Waals surface area (Å²) in [4.78, 5) is 14.1. The Morgan fingerprint density at radius 2 is 1.76 bits per heavy atom. The zero-order valence-corrected chi connectivity index (χ0v) is 17.0. The van der Waals surface area contributed by atoms with Crippen molar-refractivity contribution in [3.05, 3.63) is 64.0 Å². The number of aromatic nitrogens is 2. The fraction of sp³-hybridized carbons (Fsp3) is 0.190. The van der Waals surface area contributed by atoms with Crippen LogP contribution < -0.4 is 4.90 Å². The fourth-order valence-corrected chi connectivity index (χ4v) is 3.90. The number of benzene rings is 2. The third kappa shape index (κ3) is 4.81. The van der Waals surface area contributed by atoms with Crippen LogP contribution >= 0.6 is 23.4 Å². The number of halogens is 1. The van der Waals surface area contributed by atoms with E-state index in [2.05, 4.69) is 15.1 Å². The van der Waals surface area contributed by atoms with Gasteiger partial charge in [0.2, 0.25) is 5.89 Å². The van der Waals surface area contributed by atoms with E-state index < -0.39 is 5.97 Å². The fourth-order valence-electron chi connectivity index (χ4n) is 3.10. The first-order chi connectivity index (χ1) is 14.1. The molecule has 1 aromatic heterocycles. The minimum absolute atomic E-state index is 0.102. The molecule has 2 heterocycles. The first-order valence-corrected chi connectivity index (χ1v) is 10.4. The highest BCUT2D eigenvalue weighted by atomic mass is 35.5. The van der Waals surface area contributed by atoms with Crippen LogP contribution in [0.5, 0.6) is 0 Å². The van der Waals surface area contributed by atoms with Gasteiger partial charge in [0.25, 0.3) is 5.22 Å². The molecule has 0 unspecified atom stereocenters. The molecule has 0 spiro atoms. The van der Waals surface area contributed by atoms with Crippen molar-refractivity contribution in [2.45, 2.75) is 18.1 Å². The molecule has 1 N–H and O–H groups in total. The lowest BCUT2D eigenvalue weighted by atomic mass is 10.2. The Labute approximate surface area is 177 Å². The average Bonchev–Trinajstić information content (AvgIpc) is 3.41. The van der Waals surface area contributed by atoms with E-state index in [1.165, 1.54) is 12.8 Å². The monoisotopic (exact) mass is 427 g/mol. The van der Waals surface area contributed by atoms with Gasteiger partial charge in [-0.25, -0.2) is 4.79 Å². The van der Waals surface area contributed by atoms with Gasteiger partial charge in [0.15, 0.2) is 0 Å². The Kier molecular flexibility index (Phi) is 5.87. The van der Waals surface area contributed by atoms with Gasteiger partial charge in [-0.3, -0.25) is 0 Å². The van der Waals surface area contributed by atoms with Crippen molar-refractivity contribution in [1.29, 1.82) is 0 Å². The van der Waals surface area contributed by atoms with Crippen molar-refractivity contribution in [3.8, 4) is 11.5 Å². The van der Waals surface area contributed by atoms with E-state index in [9.17, 15) is 9.90 Å². The highest BCUT2D eigenvalue weighted by Crippen LogP contribution is 2.31. The summed E-state index contributed by atoms with van der Waals surface area (Å²) < 4.78 is 5.60. The molecule has 0 atom stereocenters. The summed E-state index contributed by atoms with van der Waals surface area (Å²) in [6.07, 6.45) is 4.03. The van der Waals surface area contributed by atoms with Gasteiger partial charge in [-0.05, 0) is 72.6 Å². The van der Waals surface area contributed by atoms with Gasteiger partial charge in [0.1, 0.15) is 4.91 Å². The van der Waals surface area contributed by atoms with Crippen LogP contribution in [0.4, 0.5) is 5.69 Å². The molecule has 1 saturated heterocycles. The summed E-state index contributed by atoms with van der Waals surface area (Å²) in [5.41, 5.74) is 2.68. The summed E-state index contributed by atoms with van der Waals surface area (Å²) in [5, 5.41) is 18.3. The lowest BCUT2D eigenvalue weighted by molar-refractivity contribution is -0.131. The standard InChI is InChI=1S/C21H18ClN3O3S/c22-16-7-5-15(6-8-16)19-23-24-21(28-19)29-18(20(26)27)13-14-3-9-17(10-4-14)25-11-1-2-12-25/h3-10,13H,1-2,11-12H2,(H,26,27)/b18-13+. The van der Waals surface area contributed by atoms with E-state index in [-0.39, 0.29) is 10.1 Å². The number of hydrogen-bond acceptors (Lipinski definition) is 6. The second kappa shape index (κ2) is 8.71. The first kappa shape index (κ1) is 19.5. The maximum Gasteiger partial charge on any atom is 0.342 e. The largest absolute Gasteiger partial charge is 0.477 e. The van der Waals surface area contributed by atoms with Crippen molar-refractivity contribution in [2.24, 2.45) is 0 Å². The third-order valence-corrected chi connectivity index (χ3v) is 5.67. The molecule has 3 aromatic rings. The number of rotatable bonds is 6. The van der Waals surface area contributed by atoms with E-state index in [0.29, 0.717) is 16.5 Å². The highest BCUT2D eigenvalue weighted by Gasteiger charge is 2.16. The topological polar surface area (TPSA) is 79.5 Å². The maximum atomic E-state index is 11.7. The molecule has 1 aliphatic rings.